The predicted molar refractivity (Wildman–Crippen MR) is 131 cm³/mol. The zero-order chi connectivity index (χ0) is 24.7. The van der Waals surface area contributed by atoms with Crippen LogP contribution in [-0.4, -0.2) is 35.3 Å². The van der Waals surface area contributed by atoms with Gasteiger partial charge in [-0.15, -0.1) is 0 Å². The van der Waals surface area contributed by atoms with E-state index >= 15 is 0 Å². The number of nitrogens with one attached hydrogen (secondary N) is 1. The molecule has 0 saturated carbocycles. The Kier molecular flexibility index (Phi) is 6.70. The summed E-state index contributed by atoms with van der Waals surface area (Å²) in [5, 5.41) is 5.23. The van der Waals surface area contributed by atoms with Crippen LogP contribution in [-0.2, 0) is 9.59 Å². The van der Waals surface area contributed by atoms with Crippen molar-refractivity contribution in [3.8, 4) is 22.8 Å². The second-order valence-corrected chi connectivity index (χ2v) is 9.45. The average molecular weight is 567 g/mol. The van der Waals surface area contributed by atoms with E-state index in [0.29, 0.717) is 22.0 Å². The number of halogens is 2. The Morgan fingerprint density at radius 3 is 2.62 bits per heavy atom. The van der Waals surface area contributed by atoms with Crippen molar-refractivity contribution in [2.24, 2.45) is 0 Å². The highest BCUT2D eigenvalue weighted by Crippen LogP contribution is 2.44. The maximum absolute atomic E-state index is 13.2. The molecule has 0 bridgehead atoms. The monoisotopic (exact) mass is 565 g/mol. The van der Waals surface area contributed by atoms with Gasteiger partial charge in [0.05, 0.1) is 23.9 Å². The number of methoxy groups -OCH3 is 1. The van der Waals surface area contributed by atoms with Crippen LogP contribution in [0.3, 0.4) is 0 Å². The number of hydrogen-bond donors (Lipinski definition) is 1. The minimum absolute atomic E-state index is 0.0717. The molecule has 1 N–H and O–H groups in total. The Bertz CT molecular complexity index is 1400. The summed E-state index contributed by atoms with van der Waals surface area (Å²) in [7, 11) is 1.41. The van der Waals surface area contributed by atoms with Crippen LogP contribution in [0.1, 0.15) is 25.6 Å². The van der Waals surface area contributed by atoms with Crippen LogP contribution >= 0.6 is 39.3 Å². The fourth-order valence-corrected chi connectivity index (χ4v) is 4.84. The molecule has 1 aliphatic heterocycles. The van der Waals surface area contributed by atoms with Crippen molar-refractivity contribution in [1.29, 1.82) is 0 Å². The molecular weight excluding hydrogens is 548 g/mol. The number of anilines is 1. The molecule has 3 aromatic rings. The van der Waals surface area contributed by atoms with E-state index in [1.165, 1.54) is 48.4 Å². The van der Waals surface area contributed by atoms with Gasteiger partial charge in [-0.25, -0.2) is 4.90 Å². The topological polar surface area (TPSA) is 105 Å². The number of benzene rings is 2. The van der Waals surface area contributed by atoms with Crippen molar-refractivity contribution in [1.82, 2.24) is 10.1 Å². The molecular formula is C22H19BrClN4O5S+. The first kappa shape index (κ1) is 24.2. The Hall–Kier alpha value is -2.89. The summed E-state index contributed by atoms with van der Waals surface area (Å²) in [5.41, 5.74) is 1.14. The van der Waals surface area contributed by atoms with Crippen LogP contribution in [0.2, 0.25) is 5.02 Å². The number of aromatic nitrogens is 3. The number of thioether (sulfide) groups is 1. The highest BCUT2D eigenvalue weighted by molar-refractivity contribution is 9.10. The number of aromatic amines is 1. The Labute approximate surface area is 212 Å². The summed E-state index contributed by atoms with van der Waals surface area (Å²) in [4.78, 5) is 42.5. The molecule has 0 aliphatic carbocycles. The molecule has 176 valence electrons. The van der Waals surface area contributed by atoms with Crippen LogP contribution in [0.25, 0.3) is 11.3 Å². The van der Waals surface area contributed by atoms with Gasteiger partial charge in [-0.05, 0) is 35.2 Å². The van der Waals surface area contributed by atoms with Gasteiger partial charge in [0.15, 0.2) is 11.5 Å². The van der Waals surface area contributed by atoms with Gasteiger partial charge >= 0.3 is 17.2 Å². The maximum Gasteiger partial charge on any atom is 0.325 e. The van der Waals surface area contributed by atoms with Gasteiger partial charge in [-0.1, -0.05) is 39.3 Å². The Balaban J connectivity index is 2.16. The third-order valence-corrected chi connectivity index (χ3v) is 6.42. The van der Waals surface area contributed by atoms with Crippen LogP contribution in [0.15, 0.2) is 44.8 Å². The minimum atomic E-state index is -1.00. The number of amides is 1. The normalized spacial score (nSPS) is 14.3. The summed E-state index contributed by atoms with van der Waals surface area (Å²) >= 11 is 11.1. The molecule has 1 atom stereocenters. The molecule has 34 heavy (non-hydrogen) atoms. The molecule has 12 heteroatoms. The van der Waals surface area contributed by atoms with Crippen LogP contribution in [0, 0.1) is 0 Å². The third-order valence-electron chi connectivity index (χ3n) is 5.14. The fraction of sp³-hybridized carbons (Fsp3) is 0.227. The number of nitrogens with zero attached hydrogens (tertiary/aromatic N) is 3. The number of ether oxygens (including phenoxy) is 2. The van der Waals surface area contributed by atoms with E-state index in [1.807, 2.05) is 0 Å². The quantitative estimate of drug-likeness (QED) is 0.222. The van der Waals surface area contributed by atoms with Crippen molar-refractivity contribution >= 4 is 56.9 Å². The first-order valence-electron chi connectivity index (χ1n) is 9.92. The van der Waals surface area contributed by atoms with Crippen molar-refractivity contribution in [2.45, 2.75) is 25.2 Å². The molecule has 2 heterocycles. The lowest BCUT2D eigenvalue weighted by molar-refractivity contribution is -0.763. The zero-order valence-corrected chi connectivity index (χ0v) is 21.7. The van der Waals surface area contributed by atoms with Gasteiger partial charge in [0.2, 0.25) is 11.1 Å². The van der Waals surface area contributed by atoms with E-state index < -0.39 is 17.7 Å². The summed E-state index contributed by atoms with van der Waals surface area (Å²) in [6.45, 7) is 2.66. The molecule has 1 unspecified atom stereocenters. The van der Waals surface area contributed by atoms with Gasteiger partial charge in [-0.2, -0.15) is 0 Å². The van der Waals surface area contributed by atoms with Crippen LogP contribution < -0.4 is 24.6 Å². The lowest BCUT2D eigenvalue weighted by Crippen LogP contribution is -2.60. The third kappa shape index (κ3) is 4.19. The van der Waals surface area contributed by atoms with E-state index in [0.717, 1.165) is 4.47 Å². The van der Waals surface area contributed by atoms with Gasteiger partial charge in [0.25, 0.3) is 6.17 Å². The van der Waals surface area contributed by atoms with Crippen molar-refractivity contribution in [3.05, 3.63) is 55.7 Å². The fourth-order valence-electron chi connectivity index (χ4n) is 3.89. The Morgan fingerprint density at radius 1 is 1.26 bits per heavy atom. The molecule has 0 spiro atoms. The smallest absolute Gasteiger partial charge is 0.325 e. The minimum Gasteiger partial charge on any atom is -0.493 e. The van der Waals surface area contributed by atoms with Crippen molar-refractivity contribution in [3.63, 3.8) is 0 Å². The van der Waals surface area contributed by atoms with Gasteiger partial charge in [0, 0.05) is 34.5 Å². The lowest BCUT2D eigenvalue weighted by atomic mass is 10.0. The molecule has 2 aromatic carbocycles. The van der Waals surface area contributed by atoms with E-state index in [-0.39, 0.29) is 28.1 Å². The van der Waals surface area contributed by atoms with Crippen molar-refractivity contribution < 1.29 is 23.7 Å². The number of carbonyl (C=O) groups excluding carboxylic acids is 2. The van der Waals surface area contributed by atoms with Gasteiger partial charge in [0.1, 0.15) is 0 Å². The van der Waals surface area contributed by atoms with E-state index in [2.05, 4.69) is 26.0 Å². The van der Waals surface area contributed by atoms with E-state index in [1.54, 1.807) is 30.5 Å². The van der Waals surface area contributed by atoms with Gasteiger partial charge < -0.3 is 9.47 Å². The molecule has 1 aliphatic rings. The number of fused-ring (bicyclic) bond motifs is 3. The Morgan fingerprint density at radius 2 is 2.00 bits per heavy atom. The lowest BCUT2D eigenvalue weighted by Gasteiger charge is -2.32. The zero-order valence-electron chi connectivity index (χ0n) is 18.5. The predicted octanol–water partition coefficient (Wildman–Crippen LogP) is 3.71. The molecule has 0 radical (unpaired) electrons. The number of hydrogen-bond acceptors (Lipinski definition) is 7. The average Bonchev–Trinajstić information content (AvgIpc) is 2.78. The molecule has 0 saturated heterocycles. The SMILES string of the molecule is COc1cc(Cl)cc(C2N(C(C)=O)c3ccc(Br)cc3-c3c(=O)[nH]c(SC)n[n+]32)c1OC(C)=O. The standard InChI is InChI=1S/C22H18BrClN4O5S/c1-10(29)27-16-6-5-12(23)7-14(16)18-20(31)25-22(34-4)26-28(18)21(27)15-8-13(24)9-17(32-3)19(15)33-11(2)30/h5-9,21H,1-4H3/p+1. The number of carbonyl (C=O) groups is 2. The molecule has 1 amide bonds. The largest absolute Gasteiger partial charge is 0.493 e. The summed E-state index contributed by atoms with van der Waals surface area (Å²) < 4.78 is 13.1. The summed E-state index contributed by atoms with van der Waals surface area (Å²) in [5.74, 6) is -0.653. The number of esters is 1. The number of rotatable bonds is 4. The highest BCUT2D eigenvalue weighted by atomic mass is 79.9. The molecule has 9 nitrogen and oxygen atoms in total. The number of H-pyrrole nitrogens is 1. The second-order valence-electron chi connectivity index (χ2n) is 7.30. The maximum atomic E-state index is 13.2. The first-order chi connectivity index (χ1) is 16.2. The highest BCUT2D eigenvalue weighted by Gasteiger charge is 2.47. The van der Waals surface area contributed by atoms with Gasteiger partial charge in [-0.3, -0.25) is 19.4 Å². The molecule has 0 fully saturated rings. The van der Waals surface area contributed by atoms with Crippen LogP contribution in [0.5, 0.6) is 11.5 Å². The summed E-state index contributed by atoms with van der Waals surface area (Å²) in [6.07, 6.45) is 0.764. The van der Waals surface area contributed by atoms with Crippen molar-refractivity contribution in [2.75, 3.05) is 18.3 Å². The van der Waals surface area contributed by atoms with Crippen LogP contribution in [0.4, 0.5) is 5.69 Å². The van der Waals surface area contributed by atoms with E-state index in [9.17, 15) is 14.4 Å². The second kappa shape index (κ2) is 9.40. The molecule has 1 aromatic heterocycles. The molecule has 4 rings (SSSR count). The van der Waals surface area contributed by atoms with E-state index in [4.69, 9.17) is 21.1 Å². The summed E-state index contributed by atoms with van der Waals surface area (Å²) in [6, 6.07) is 8.30. The first-order valence-corrected chi connectivity index (χ1v) is 12.3.